The van der Waals surface area contributed by atoms with Gasteiger partial charge in [0.25, 0.3) is 0 Å². The molecule has 1 aliphatic rings. The molecule has 0 amide bonds. The van der Waals surface area contributed by atoms with Crippen LogP contribution in [-0.2, 0) is 10.0 Å². The first-order valence-corrected chi connectivity index (χ1v) is 8.23. The smallest absolute Gasteiger partial charge is 0.243 e. The minimum atomic E-state index is -3.61. The monoisotopic (exact) mass is 298 g/mol. The Morgan fingerprint density at radius 1 is 1.35 bits per heavy atom. The molecule has 5 nitrogen and oxygen atoms in total. The van der Waals surface area contributed by atoms with Gasteiger partial charge >= 0.3 is 0 Å². The highest BCUT2D eigenvalue weighted by atomic mass is 32.2. The number of benzene rings is 1. The molecular formula is C14H22N2O3S. The van der Waals surface area contributed by atoms with Crippen molar-refractivity contribution in [1.82, 2.24) is 4.31 Å². The molecule has 2 atom stereocenters. The van der Waals surface area contributed by atoms with Crippen molar-refractivity contribution in [1.29, 1.82) is 0 Å². The molecule has 1 saturated heterocycles. The Morgan fingerprint density at radius 2 is 2.00 bits per heavy atom. The molecule has 0 spiro atoms. The van der Waals surface area contributed by atoms with E-state index in [1.807, 2.05) is 6.92 Å². The molecule has 1 heterocycles. The number of nitrogens with two attached hydrogens (primary N) is 1. The minimum Gasteiger partial charge on any atom is -0.398 e. The van der Waals surface area contributed by atoms with Crippen molar-refractivity contribution >= 4 is 15.7 Å². The number of sulfonamides is 1. The Kier molecular flexibility index (Phi) is 4.09. The van der Waals surface area contributed by atoms with Crippen molar-refractivity contribution in [2.75, 3.05) is 18.8 Å². The van der Waals surface area contributed by atoms with Gasteiger partial charge in [0.05, 0.1) is 11.0 Å². The molecule has 0 radical (unpaired) electrons. The van der Waals surface area contributed by atoms with Crippen LogP contribution in [0.25, 0.3) is 0 Å². The average Bonchev–Trinajstić information content (AvgIpc) is 2.37. The van der Waals surface area contributed by atoms with Crippen LogP contribution in [0.1, 0.15) is 24.5 Å². The molecule has 0 aromatic heterocycles. The fraction of sp³-hybridized carbons (Fsp3) is 0.571. The van der Waals surface area contributed by atoms with Gasteiger partial charge < -0.3 is 10.8 Å². The second-order valence-corrected chi connectivity index (χ2v) is 7.50. The van der Waals surface area contributed by atoms with Crippen LogP contribution in [0.4, 0.5) is 5.69 Å². The maximum Gasteiger partial charge on any atom is 0.243 e. The van der Waals surface area contributed by atoms with Crippen LogP contribution in [0.15, 0.2) is 17.0 Å². The number of anilines is 1. The fourth-order valence-electron chi connectivity index (χ4n) is 2.61. The lowest BCUT2D eigenvalue weighted by molar-refractivity contribution is 0.0605. The average molecular weight is 298 g/mol. The zero-order chi connectivity index (χ0) is 15.1. The SMILES string of the molecule is Cc1ccc(N)c(C)c1S(=O)(=O)N1CCC(C)C(O)C1. The number of β-amino-alcohol motifs (C(OH)–C–C–N with tert-alkyl or cyclic N) is 1. The molecule has 0 aliphatic carbocycles. The molecule has 6 heteroatoms. The number of nitrogen functional groups attached to an aromatic ring is 1. The van der Waals surface area contributed by atoms with E-state index in [0.29, 0.717) is 29.8 Å². The van der Waals surface area contributed by atoms with Gasteiger partial charge in [-0.2, -0.15) is 4.31 Å². The van der Waals surface area contributed by atoms with Crippen LogP contribution in [0.3, 0.4) is 0 Å². The molecule has 0 saturated carbocycles. The lowest BCUT2D eigenvalue weighted by Crippen LogP contribution is -2.46. The molecule has 3 N–H and O–H groups in total. The van der Waals surface area contributed by atoms with Gasteiger partial charge in [0.2, 0.25) is 10.0 Å². The molecule has 1 fully saturated rings. The Bertz CT molecular complexity index is 613. The molecule has 112 valence electrons. The Hall–Kier alpha value is -1.11. The van der Waals surface area contributed by atoms with Crippen LogP contribution >= 0.6 is 0 Å². The van der Waals surface area contributed by atoms with Crippen molar-refractivity contribution in [3.63, 3.8) is 0 Å². The summed E-state index contributed by atoms with van der Waals surface area (Å²) in [6.07, 6.45) is 0.0565. The number of piperidine rings is 1. The standard InChI is InChI=1S/C14H22N2O3S/c1-9-6-7-16(8-13(9)17)20(18,19)14-10(2)4-5-12(15)11(14)3/h4-5,9,13,17H,6-8,15H2,1-3H3. The molecule has 1 aliphatic heterocycles. The number of aryl methyl sites for hydroxylation is 1. The highest BCUT2D eigenvalue weighted by Crippen LogP contribution is 2.30. The van der Waals surface area contributed by atoms with Crippen LogP contribution in [0.5, 0.6) is 0 Å². The lowest BCUT2D eigenvalue weighted by atomic mass is 9.98. The molecule has 2 rings (SSSR count). The summed E-state index contributed by atoms with van der Waals surface area (Å²) in [4.78, 5) is 0.277. The first-order valence-electron chi connectivity index (χ1n) is 6.79. The van der Waals surface area contributed by atoms with Crippen molar-refractivity contribution < 1.29 is 13.5 Å². The number of hydrogen-bond donors (Lipinski definition) is 2. The molecule has 1 aromatic rings. The first-order chi connectivity index (χ1) is 9.25. The summed E-state index contributed by atoms with van der Waals surface area (Å²) in [5.74, 6) is 0.129. The van der Waals surface area contributed by atoms with Crippen LogP contribution < -0.4 is 5.73 Å². The molecule has 2 unspecified atom stereocenters. The largest absolute Gasteiger partial charge is 0.398 e. The van der Waals surface area contributed by atoms with Crippen LogP contribution in [0.2, 0.25) is 0 Å². The van der Waals surface area contributed by atoms with E-state index < -0.39 is 16.1 Å². The lowest BCUT2D eigenvalue weighted by Gasteiger charge is -2.34. The van der Waals surface area contributed by atoms with Gasteiger partial charge in [0.15, 0.2) is 0 Å². The van der Waals surface area contributed by atoms with E-state index in [1.54, 1.807) is 26.0 Å². The first kappa shape index (κ1) is 15.3. The van der Waals surface area contributed by atoms with Gasteiger partial charge in [0.1, 0.15) is 0 Å². The second-order valence-electron chi connectivity index (χ2n) is 5.62. The quantitative estimate of drug-likeness (QED) is 0.806. The van der Waals surface area contributed by atoms with Gasteiger partial charge in [0, 0.05) is 18.8 Å². The van der Waals surface area contributed by atoms with Gasteiger partial charge in [-0.05, 0) is 43.4 Å². The maximum atomic E-state index is 12.8. The summed E-state index contributed by atoms with van der Waals surface area (Å²) >= 11 is 0. The Labute approximate surface area is 120 Å². The van der Waals surface area contributed by atoms with Crippen LogP contribution in [-0.4, -0.2) is 37.0 Å². The van der Waals surface area contributed by atoms with Crippen molar-refractivity contribution in [3.8, 4) is 0 Å². The van der Waals surface area contributed by atoms with Crippen molar-refractivity contribution in [2.24, 2.45) is 5.92 Å². The van der Waals surface area contributed by atoms with E-state index in [-0.39, 0.29) is 17.4 Å². The maximum absolute atomic E-state index is 12.8. The van der Waals surface area contributed by atoms with E-state index >= 15 is 0 Å². The topological polar surface area (TPSA) is 83.6 Å². The van der Waals surface area contributed by atoms with Crippen molar-refractivity contribution in [3.05, 3.63) is 23.3 Å². The summed E-state index contributed by atoms with van der Waals surface area (Å²) in [5.41, 5.74) is 7.57. The normalized spacial score (nSPS) is 24.8. The molecule has 0 bridgehead atoms. The summed E-state index contributed by atoms with van der Waals surface area (Å²) in [6, 6.07) is 3.44. The molecular weight excluding hydrogens is 276 g/mol. The number of aliphatic hydroxyl groups is 1. The fourth-order valence-corrected chi connectivity index (χ4v) is 4.54. The number of hydrogen-bond acceptors (Lipinski definition) is 4. The van der Waals surface area contributed by atoms with Gasteiger partial charge in [-0.25, -0.2) is 8.42 Å². The van der Waals surface area contributed by atoms with Crippen LogP contribution in [0, 0.1) is 19.8 Å². The highest BCUT2D eigenvalue weighted by molar-refractivity contribution is 7.89. The van der Waals surface area contributed by atoms with E-state index in [9.17, 15) is 13.5 Å². The predicted octanol–water partition coefficient (Wildman–Crippen LogP) is 1.28. The number of nitrogens with zero attached hydrogens (tertiary/aromatic N) is 1. The second kappa shape index (κ2) is 5.35. The molecule has 1 aromatic carbocycles. The summed E-state index contributed by atoms with van der Waals surface area (Å²) in [5, 5.41) is 9.92. The summed E-state index contributed by atoms with van der Waals surface area (Å²) in [6.45, 7) is 6.01. The van der Waals surface area contributed by atoms with E-state index in [0.717, 1.165) is 0 Å². The minimum absolute atomic E-state index is 0.129. The van der Waals surface area contributed by atoms with E-state index in [4.69, 9.17) is 5.73 Å². The van der Waals surface area contributed by atoms with Gasteiger partial charge in [-0.3, -0.25) is 0 Å². The zero-order valence-electron chi connectivity index (χ0n) is 12.1. The Balaban J connectivity index is 2.44. The third kappa shape index (κ3) is 2.55. The van der Waals surface area contributed by atoms with Crippen molar-refractivity contribution in [2.45, 2.75) is 38.2 Å². The zero-order valence-corrected chi connectivity index (χ0v) is 12.9. The predicted molar refractivity (Wildman–Crippen MR) is 78.9 cm³/mol. The number of aliphatic hydroxyl groups excluding tert-OH is 1. The Morgan fingerprint density at radius 3 is 2.60 bits per heavy atom. The third-order valence-electron chi connectivity index (χ3n) is 4.12. The summed E-state index contributed by atoms with van der Waals surface area (Å²) in [7, 11) is -3.61. The number of rotatable bonds is 2. The van der Waals surface area contributed by atoms with E-state index in [1.165, 1.54) is 4.31 Å². The third-order valence-corrected chi connectivity index (χ3v) is 6.28. The van der Waals surface area contributed by atoms with Gasteiger partial charge in [-0.15, -0.1) is 0 Å². The highest BCUT2D eigenvalue weighted by Gasteiger charge is 2.34. The van der Waals surface area contributed by atoms with Gasteiger partial charge in [-0.1, -0.05) is 13.0 Å². The molecule has 20 heavy (non-hydrogen) atoms. The van der Waals surface area contributed by atoms with E-state index in [2.05, 4.69) is 0 Å². The summed E-state index contributed by atoms with van der Waals surface area (Å²) < 4.78 is 27.0.